The molecule has 80 valence electrons. The van der Waals surface area contributed by atoms with Gasteiger partial charge in [-0.1, -0.05) is 12.1 Å². The van der Waals surface area contributed by atoms with Crippen molar-refractivity contribution >= 4 is 11.0 Å². The minimum atomic E-state index is 0.0801. The normalized spacial score (nSPS) is 11.1. The summed E-state index contributed by atoms with van der Waals surface area (Å²) in [6.07, 6.45) is 0. The smallest absolute Gasteiger partial charge is 0.232 e. The summed E-state index contributed by atoms with van der Waals surface area (Å²) in [5.74, 6) is 0.600. The first-order valence-corrected chi connectivity index (χ1v) is 4.95. The number of nitrogens with zero attached hydrogens (tertiary/aromatic N) is 3. The van der Waals surface area contributed by atoms with Crippen LogP contribution in [0.4, 0.5) is 0 Å². The first-order valence-electron chi connectivity index (χ1n) is 4.95. The van der Waals surface area contributed by atoms with Crippen LogP contribution in [0.25, 0.3) is 17.0 Å². The molecule has 3 rings (SSSR count). The standard InChI is InChI=1S/C11H10N4O/c1-7-6-10(16)15(14-7)11-12-8-4-2-3-5-9(8)13-11/h2-6,16H,1H3,(H,12,13). The summed E-state index contributed by atoms with van der Waals surface area (Å²) >= 11 is 0. The summed E-state index contributed by atoms with van der Waals surface area (Å²) in [6.45, 7) is 1.82. The lowest BCUT2D eigenvalue weighted by atomic mass is 10.3. The molecule has 0 aliphatic heterocycles. The summed E-state index contributed by atoms with van der Waals surface area (Å²) in [5, 5.41) is 13.8. The molecule has 0 saturated carbocycles. The minimum absolute atomic E-state index is 0.0801. The molecule has 0 aliphatic rings. The maximum absolute atomic E-state index is 9.65. The zero-order valence-corrected chi connectivity index (χ0v) is 8.68. The molecule has 2 heterocycles. The van der Waals surface area contributed by atoms with Gasteiger partial charge in [0.25, 0.3) is 0 Å². The molecule has 1 aromatic carbocycles. The monoisotopic (exact) mass is 214 g/mol. The highest BCUT2D eigenvalue weighted by atomic mass is 16.3. The van der Waals surface area contributed by atoms with E-state index in [0.717, 1.165) is 16.7 Å². The molecule has 16 heavy (non-hydrogen) atoms. The summed E-state index contributed by atoms with van der Waals surface area (Å²) in [5.41, 5.74) is 2.52. The first kappa shape index (κ1) is 8.96. The van der Waals surface area contributed by atoms with Crippen molar-refractivity contribution in [3.63, 3.8) is 0 Å². The molecule has 5 nitrogen and oxygen atoms in total. The van der Waals surface area contributed by atoms with Gasteiger partial charge in [0.1, 0.15) is 0 Å². The summed E-state index contributed by atoms with van der Waals surface area (Å²) in [7, 11) is 0. The van der Waals surface area contributed by atoms with Crippen LogP contribution in [0.5, 0.6) is 5.88 Å². The van der Waals surface area contributed by atoms with Crippen molar-refractivity contribution in [2.45, 2.75) is 6.92 Å². The number of nitrogens with one attached hydrogen (secondary N) is 1. The van der Waals surface area contributed by atoms with Gasteiger partial charge in [0.05, 0.1) is 16.7 Å². The van der Waals surface area contributed by atoms with Crippen LogP contribution in [-0.2, 0) is 0 Å². The van der Waals surface area contributed by atoms with E-state index in [9.17, 15) is 5.11 Å². The van der Waals surface area contributed by atoms with Crippen molar-refractivity contribution in [3.05, 3.63) is 36.0 Å². The highest BCUT2D eigenvalue weighted by Gasteiger charge is 2.09. The average Bonchev–Trinajstić information content (AvgIpc) is 2.81. The Morgan fingerprint density at radius 3 is 2.81 bits per heavy atom. The van der Waals surface area contributed by atoms with E-state index in [1.165, 1.54) is 4.68 Å². The van der Waals surface area contributed by atoms with Crippen molar-refractivity contribution in [3.8, 4) is 11.8 Å². The fraction of sp³-hybridized carbons (Fsp3) is 0.0909. The van der Waals surface area contributed by atoms with Crippen molar-refractivity contribution in [1.29, 1.82) is 0 Å². The molecular formula is C11H10N4O. The lowest BCUT2D eigenvalue weighted by Crippen LogP contribution is -1.98. The fourth-order valence-electron chi connectivity index (χ4n) is 1.68. The molecule has 0 atom stereocenters. The van der Waals surface area contributed by atoms with Crippen molar-refractivity contribution in [2.24, 2.45) is 0 Å². The van der Waals surface area contributed by atoms with Gasteiger partial charge in [0.15, 0.2) is 0 Å². The Bertz CT molecular complexity index is 620. The van der Waals surface area contributed by atoms with Crippen molar-refractivity contribution < 1.29 is 5.11 Å². The summed E-state index contributed by atoms with van der Waals surface area (Å²) < 4.78 is 1.38. The van der Waals surface area contributed by atoms with E-state index >= 15 is 0 Å². The molecule has 0 bridgehead atoms. The summed E-state index contributed by atoms with van der Waals surface area (Å²) in [6, 6.07) is 9.27. The highest BCUT2D eigenvalue weighted by Crippen LogP contribution is 2.18. The number of aromatic amines is 1. The van der Waals surface area contributed by atoms with Gasteiger partial charge in [-0.15, -0.1) is 0 Å². The molecule has 0 amide bonds. The van der Waals surface area contributed by atoms with Crippen molar-refractivity contribution in [2.75, 3.05) is 0 Å². The number of benzene rings is 1. The van der Waals surface area contributed by atoms with Gasteiger partial charge in [0, 0.05) is 6.07 Å². The number of hydrogen-bond acceptors (Lipinski definition) is 3. The zero-order chi connectivity index (χ0) is 11.1. The van der Waals surface area contributed by atoms with Crippen LogP contribution in [-0.4, -0.2) is 24.9 Å². The Kier molecular flexibility index (Phi) is 1.73. The topological polar surface area (TPSA) is 66.7 Å². The Morgan fingerprint density at radius 2 is 2.12 bits per heavy atom. The van der Waals surface area contributed by atoms with E-state index in [1.807, 2.05) is 31.2 Å². The second-order valence-corrected chi connectivity index (χ2v) is 3.63. The van der Waals surface area contributed by atoms with Crippen LogP contribution < -0.4 is 0 Å². The quantitative estimate of drug-likeness (QED) is 0.648. The average molecular weight is 214 g/mol. The number of para-hydroxylation sites is 2. The van der Waals surface area contributed by atoms with E-state index < -0.39 is 0 Å². The maximum Gasteiger partial charge on any atom is 0.232 e. The van der Waals surface area contributed by atoms with Crippen LogP contribution in [0.1, 0.15) is 5.69 Å². The van der Waals surface area contributed by atoms with Crippen LogP contribution in [0.15, 0.2) is 30.3 Å². The SMILES string of the molecule is Cc1cc(O)n(-c2nc3ccccc3[nH]2)n1. The largest absolute Gasteiger partial charge is 0.493 e. The van der Waals surface area contributed by atoms with E-state index in [1.54, 1.807) is 6.07 Å². The summed E-state index contributed by atoms with van der Waals surface area (Å²) in [4.78, 5) is 7.44. The molecule has 0 aliphatic carbocycles. The number of hydrogen-bond donors (Lipinski definition) is 2. The minimum Gasteiger partial charge on any atom is -0.493 e. The van der Waals surface area contributed by atoms with Crippen LogP contribution >= 0.6 is 0 Å². The molecule has 0 spiro atoms. The molecule has 3 aromatic rings. The molecule has 0 unspecified atom stereocenters. The number of fused-ring (bicyclic) bond motifs is 1. The lowest BCUT2D eigenvalue weighted by molar-refractivity contribution is 0.430. The number of imidazole rings is 1. The second kappa shape index (κ2) is 3.10. The first-order chi connectivity index (χ1) is 7.74. The number of H-pyrrole nitrogens is 1. The van der Waals surface area contributed by atoms with Crippen LogP contribution in [0.3, 0.4) is 0 Å². The van der Waals surface area contributed by atoms with E-state index in [2.05, 4.69) is 15.1 Å². The predicted octanol–water partition coefficient (Wildman–Crippen LogP) is 1.76. The third-order valence-corrected chi connectivity index (χ3v) is 2.39. The van der Waals surface area contributed by atoms with E-state index in [0.29, 0.717) is 5.95 Å². The molecule has 0 fully saturated rings. The molecule has 2 aromatic heterocycles. The van der Waals surface area contributed by atoms with Crippen molar-refractivity contribution in [1.82, 2.24) is 19.7 Å². The molecule has 2 N–H and O–H groups in total. The lowest BCUT2D eigenvalue weighted by Gasteiger charge is -1.95. The van der Waals surface area contributed by atoms with Gasteiger partial charge >= 0.3 is 0 Å². The Hall–Kier alpha value is -2.30. The van der Waals surface area contributed by atoms with Gasteiger partial charge in [-0.25, -0.2) is 4.98 Å². The molecule has 5 heteroatoms. The third-order valence-electron chi connectivity index (χ3n) is 2.39. The zero-order valence-electron chi connectivity index (χ0n) is 8.68. The van der Waals surface area contributed by atoms with Gasteiger partial charge in [-0.3, -0.25) is 0 Å². The molecular weight excluding hydrogens is 204 g/mol. The highest BCUT2D eigenvalue weighted by molar-refractivity contribution is 5.75. The van der Waals surface area contributed by atoms with Gasteiger partial charge in [-0.05, 0) is 19.1 Å². The number of rotatable bonds is 1. The maximum atomic E-state index is 9.65. The fourth-order valence-corrected chi connectivity index (χ4v) is 1.68. The Morgan fingerprint density at radius 1 is 1.31 bits per heavy atom. The molecule has 0 saturated heterocycles. The van der Waals surface area contributed by atoms with Gasteiger partial charge < -0.3 is 10.1 Å². The Balaban J connectivity index is 2.22. The van der Waals surface area contributed by atoms with Gasteiger partial charge in [0.2, 0.25) is 11.8 Å². The van der Waals surface area contributed by atoms with E-state index in [-0.39, 0.29) is 5.88 Å². The molecule has 0 radical (unpaired) electrons. The number of aryl methyl sites for hydroxylation is 1. The third kappa shape index (κ3) is 1.25. The second-order valence-electron chi connectivity index (χ2n) is 3.63. The van der Waals surface area contributed by atoms with E-state index in [4.69, 9.17) is 0 Å². The van der Waals surface area contributed by atoms with Gasteiger partial charge in [-0.2, -0.15) is 9.78 Å². The Labute approximate surface area is 91.4 Å². The number of aromatic nitrogens is 4. The van der Waals surface area contributed by atoms with Crippen LogP contribution in [0, 0.1) is 6.92 Å². The van der Waals surface area contributed by atoms with Crippen LogP contribution in [0.2, 0.25) is 0 Å². The predicted molar refractivity (Wildman–Crippen MR) is 59.6 cm³/mol. The number of aromatic hydroxyl groups is 1.